The molecule has 0 spiro atoms. The molecular formula is C10H11NO4. The molecule has 0 bridgehead atoms. The molecule has 0 aromatic heterocycles. The topological polar surface area (TPSA) is 69.4 Å². The molecule has 0 atom stereocenters. The summed E-state index contributed by atoms with van der Waals surface area (Å²) in [6, 6.07) is 4.57. The van der Waals surface area contributed by atoms with Gasteiger partial charge in [-0.15, -0.1) is 0 Å². The minimum Gasteiger partial charge on any atom is -0.462 e. The van der Waals surface area contributed by atoms with Crippen LogP contribution >= 0.6 is 0 Å². The van der Waals surface area contributed by atoms with E-state index in [0.717, 1.165) is 0 Å². The summed E-state index contributed by atoms with van der Waals surface area (Å²) in [5.74, 6) is -0.659. The first kappa shape index (κ1) is 11.2. The fourth-order valence-electron chi connectivity index (χ4n) is 1.27. The van der Waals surface area contributed by atoms with E-state index < -0.39 is 10.9 Å². The molecule has 0 unspecified atom stereocenters. The standard InChI is InChI=1S/C10H11NO4/c1-3-15-10(12)8-6-4-5-7(2)9(8)11(13)14/h4-6H,3H2,1-2H3. The van der Waals surface area contributed by atoms with Crippen LogP contribution in [0.1, 0.15) is 22.8 Å². The minimum absolute atomic E-state index is 0.00171. The Morgan fingerprint density at radius 1 is 1.53 bits per heavy atom. The van der Waals surface area contributed by atoms with Crippen LogP contribution in [-0.2, 0) is 4.74 Å². The Balaban J connectivity index is 3.23. The lowest BCUT2D eigenvalue weighted by Crippen LogP contribution is -2.08. The number of esters is 1. The molecule has 0 N–H and O–H groups in total. The summed E-state index contributed by atoms with van der Waals surface area (Å²) in [5.41, 5.74) is 0.267. The second-order valence-corrected chi connectivity index (χ2v) is 2.95. The summed E-state index contributed by atoms with van der Waals surface area (Å²) in [7, 11) is 0. The SMILES string of the molecule is CCOC(=O)c1cccc(C)c1[N+](=O)[O-]. The third-order valence-corrected chi connectivity index (χ3v) is 1.92. The molecule has 0 saturated heterocycles. The zero-order chi connectivity index (χ0) is 11.4. The average molecular weight is 209 g/mol. The van der Waals surface area contributed by atoms with Crippen LogP contribution in [0.15, 0.2) is 18.2 Å². The van der Waals surface area contributed by atoms with E-state index in [4.69, 9.17) is 4.74 Å². The zero-order valence-electron chi connectivity index (χ0n) is 8.52. The molecular weight excluding hydrogens is 198 g/mol. The molecule has 1 rings (SSSR count). The van der Waals surface area contributed by atoms with Crippen LogP contribution in [0.2, 0.25) is 0 Å². The van der Waals surface area contributed by atoms with Crippen molar-refractivity contribution >= 4 is 11.7 Å². The zero-order valence-corrected chi connectivity index (χ0v) is 8.52. The first-order valence-electron chi connectivity index (χ1n) is 4.49. The minimum atomic E-state index is -0.659. The van der Waals surface area contributed by atoms with Crippen molar-refractivity contribution in [1.82, 2.24) is 0 Å². The highest BCUT2D eigenvalue weighted by atomic mass is 16.6. The lowest BCUT2D eigenvalue weighted by molar-refractivity contribution is -0.385. The van der Waals surface area contributed by atoms with Crippen LogP contribution in [0.5, 0.6) is 0 Å². The summed E-state index contributed by atoms with van der Waals surface area (Å²) in [5, 5.41) is 10.7. The number of nitrogens with zero attached hydrogens (tertiary/aromatic N) is 1. The maximum absolute atomic E-state index is 11.4. The van der Waals surface area contributed by atoms with E-state index in [0.29, 0.717) is 5.56 Å². The van der Waals surface area contributed by atoms with Crippen molar-refractivity contribution in [2.24, 2.45) is 0 Å². The smallest absolute Gasteiger partial charge is 0.345 e. The third kappa shape index (κ3) is 2.31. The van der Waals surface area contributed by atoms with Gasteiger partial charge in [-0.3, -0.25) is 10.1 Å². The first-order valence-corrected chi connectivity index (χ1v) is 4.49. The van der Waals surface area contributed by atoms with Crippen molar-refractivity contribution in [2.45, 2.75) is 13.8 Å². The van der Waals surface area contributed by atoms with Crippen molar-refractivity contribution in [3.8, 4) is 0 Å². The van der Waals surface area contributed by atoms with Crippen molar-refractivity contribution in [1.29, 1.82) is 0 Å². The normalized spacial score (nSPS) is 9.73. The average Bonchev–Trinajstić information content (AvgIpc) is 2.17. The molecule has 0 aliphatic rings. The Bertz CT molecular complexity index is 400. The number of carbonyl (C=O) groups excluding carboxylic acids is 1. The molecule has 15 heavy (non-hydrogen) atoms. The van der Waals surface area contributed by atoms with E-state index in [1.165, 1.54) is 6.07 Å². The lowest BCUT2D eigenvalue weighted by Gasteiger charge is -2.04. The summed E-state index contributed by atoms with van der Waals surface area (Å²) >= 11 is 0. The maximum Gasteiger partial charge on any atom is 0.345 e. The molecule has 80 valence electrons. The molecule has 0 saturated carbocycles. The predicted molar refractivity (Wildman–Crippen MR) is 53.8 cm³/mol. The molecule has 1 aromatic carbocycles. The van der Waals surface area contributed by atoms with Gasteiger partial charge in [-0.05, 0) is 19.9 Å². The molecule has 0 aliphatic heterocycles. The number of carbonyl (C=O) groups is 1. The molecule has 0 heterocycles. The van der Waals surface area contributed by atoms with Crippen LogP contribution in [0.3, 0.4) is 0 Å². The summed E-state index contributed by atoms with van der Waals surface area (Å²) in [4.78, 5) is 21.6. The van der Waals surface area contributed by atoms with Crippen LogP contribution in [0, 0.1) is 17.0 Å². The van der Waals surface area contributed by atoms with Gasteiger partial charge in [-0.2, -0.15) is 0 Å². The number of benzene rings is 1. The van der Waals surface area contributed by atoms with Crippen LogP contribution in [-0.4, -0.2) is 17.5 Å². The van der Waals surface area contributed by atoms with Crippen molar-refractivity contribution in [2.75, 3.05) is 6.61 Å². The van der Waals surface area contributed by atoms with Gasteiger partial charge in [0.2, 0.25) is 0 Å². The van der Waals surface area contributed by atoms with Crippen LogP contribution in [0.4, 0.5) is 5.69 Å². The fraction of sp³-hybridized carbons (Fsp3) is 0.300. The molecule has 1 aromatic rings. The lowest BCUT2D eigenvalue weighted by atomic mass is 10.1. The summed E-state index contributed by atoms with van der Waals surface area (Å²) < 4.78 is 4.73. The molecule has 0 fully saturated rings. The van der Waals surface area contributed by atoms with Crippen molar-refractivity contribution in [3.63, 3.8) is 0 Å². The Kier molecular flexibility index (Phi) is 3.38. The molecule has 5 heteroatoms. The highest BCUT2D eigenvalue weighted by molar-refractivity contribution is 5.94. The van der Waals surface area contributed by atoms with Gasteiger partial charge in [0, 0.05) is 5.56 Å². The first-order chi connectivity index (χ1) is 7.07. The van der Waals surface area contributed by atoms with Gasteiger partial charge in [0.25, 0.3) is 5.69 Å². The molecule has 0 amide bonds. The largest absolute Gasteiger partial charge is 0.462 e. The van der Waals surface area contributed by atoms with Gasteiger partial charge in [-0.1, -0.05) is 12.1 Å². The Labute approximate surface area is 86.8 Å². The number of aryl methyl sites for hydroxylation is 1. The van der Waals surface area contributed by atoms with Gasteiger partial charge in [0.15, 0.2) is 0 Å². The third-order valence-electron chi connectivity index (χ3n) is 1.92. The van der Waals surface area contributed by atoms with Gasteiger partial charge < -0.3 is 4.74 Å². The van der Waals surface area contributed by atoms with Gasteiger partial charge in [0.1, 0.15) is 5.56 Å². The predicted octanol–water partition coefficient (Wildman–Crippen LogP) is 2.08. The van der Waals surface area contributed by atoms with E-state index in [1.54, 1.807) is 26.0 Å². The molecule has 5 nitrogen and oxygen atoms in total. The van der Waals surface area contributed by atoms with E-state index in [2.05, 4.69) is 0 Å². The number of hydrogen-bond acceptors (Lipinski definition) is 4. The number of nitro benzene ring substituents is 1. The summed E-state index contributed by atoms with van der Waals surface area (Å²) in [6.07, 6.45) is 0. The second-order valence-electron chi connectivity index (χ2n) is 2.95. The number of para-hydroxylation sites is 1. The number of nitro groups is 1. The fourth-order valence-corrected chi connectivity index (χ4v) is 1.27. The van der Waals surface area contributed by atoms with Gasteiger partial charge in [-0.25, -0.2) is 4.79 Å². The van der Waals surface area contributed by atoms with Gasteiger partial charge >= 0.3 is 5.97 Å². The number of rotatable bonds is 3. The van der Waals surface area contributed by atoms with Crippen LogP contribution in [0.25, 0.3) is 0 Å². The number of ether oxygens (including phenoxy) is 1. The number of hydrogen-bond donors (Lipinski definition) is 0. The van der Waals surface area contributed by atoms with E-state index >= 15 is 0 Å². The Hall–Kier alpha value is -1.91. The van der Waals surface area contributed by atoms with E-state index in [9.17, 15) is 14.9 Å². The second kappa shape index (κ2) is 4.54. The highest BCUT2D eigenvalue weighted by Crippen LogP contribution is 2.23. The highest BCUT2D eigenvalue weighted by Gasteiger charge is 2.22. The monoisotopic (exact) mass is 209 g/mol. The van der Waals surface area contributed by atoms with Gasteiger partial charge in [0.05, 0.1) is 11.5 Å². The summed E-state index contributed by atoms with van der Waals surface area (Å²) in [6.45, 7) is 3.43. The van der Waals surface area contributed by atoms with Crippen LogP contribution < -0.4 is 0 Å². The molecule has 0 aliphatic carbocycles. The van der Waals surface area contributed by atoms with E-state index in [-0.39, 0.29) is 17.9 Å². The molecule has 0 radical (unpaired) electrons. The quantitative estimate of drug-likeness (QED) is 0.434. The van der Waals surface area contributed by atoms with Crippen molar-refractivity contribution in [3.05, 3.63) is 39.4 Å². The maximum atomic E-state index is 11.4. The van der Waals surface area contributed by atoms with E-state index in [1.807, 2.05) is 0 Å². The Morgan fingerprint density at radius 3 is 2.73 bits per heavy atom. The van der Waals surface area contributed by atoms with Crippen molar-refractivity contribution < 1.29 is 14.5 Å². The Morgan fingerprint density at radius 2 is 2.20 bits per heavy atom.